The molecule has 0 unspecified atom stereocenters. The van der Waals surface area contributed by atoms with Gasteiger partial charge in [0.05, 0.1) is 12.2 Å². The molecule has 1 rings (SSSR count). The molecule has 0 heterocycles. The molecule has 0 spiro atoms. The largest absolute Gasteiger partial charge is 0.413 e. The van der Waals surface area contributed by atoms with Crippen LogP contribution >= 0.6 is 11.8 Å². The average Bonchev–Trinajstić information content (AvgIpc) is 3.09. The number of hydrogen-bond donors (Lipinski definition) is 0. The van der Waals surface area contributed by atoms with Gasteiger partial charge in [-0.3, -0.25) is 0 Å². The molecule has 0 aromatic rings. The normalized spacial score (nSPS) is 21.1. The number of unbranched alkanes of at least 4 members (excludes halogenated alkanes) is 5. The Morgan fingerprint density at radius 1 is 0.875 bits per heavy atom. The average molecular weight is 611 g/mol. The van der Waals surface area contributed by atoms with Crippen LogP contribution in [0.4, 0.5) is 0 Å². The van der Waals surface area contributed by atoms with E-state index in [4.69, 9.17) is 8.85 Å². The summed E-state index contributed by atoms with van der Waals surface area (Å²) < 4.78 is 14.3. The Labute approximate surface area is 258 Å². The maximum Gasteiger partial charge on any atom is 0.192 e. The van der Waals surface area contributed by atoms with Crippen molar-refractivity contribution in [2.24, 2.45) is 11.8 Å². The summed E-state index contributed by atoms with van der Waals surface area (Å²) in [5.41, 5.74) is 1.55. The van der Waals surface area contributed by atoms with Gasteiger partial charge in [0, 0.05) is 5.92 Å². The lowest BCUT2D eigenvalue weighted by atomic mass is 9.96. The molecule has 5 heteroatoms. The van der Waals surface area contributed by atoms with E-state index >= 15 is 0 Å². The SMILES string of the molecule is CCCCCCCSC1=C(C)C[C@@H](O[Si](C)(C)C(C)(C)C)[C@@H]1/C=C/[C@H](C[C@H](C)CCCC)O[Si](C)(C)C(C)(C)C. The van der Waals surface area contributed by atoms with Gasteiger partial charge in [0.2, 0.25) is 0 Å². The Morgan fingerprint density at radius 3 is 2.00 bits per heavy atom. The summed E-state index contributed by atoms with van der Waals surface area (Å²) in [6, 6.07) is 0. The molecule has 236 valence electrons. The fourth-order valence-electron chi connectivity index (χ4n) is 5.00. The van der Waals surface area contributed by atoms with E-state index in [0.717, 1.165) is 12.8 Å². The molecular formula is C35H70O2SSi2. The van der Waals surface area contributed by atoms with E-state index in [0.29, 0.717) is 11.8 Å². The van der Waals surface area contributed by atoms with E-state index < -0.39 is 16.6 Å². The van der Waals surface area contributed by atoms with Crippen LogP contribution in [0.25, 0.3) is 0 Å². The molecule has 0 saturated heterocycles. The molecule has 4 atom stereocenters. The van der Waals surface area contributed by atoms with Gasteiger partial charge in [0.15, 0.2) is 16.6 Å². The van der Waals surface area contributed by atoms with Crippen LogP contribution in [0.3, 0.4) is 0 Å². The zero-order valence-electron chi connectivity index (χ0n) is 29.5. The lowest BCUT2D eigenvalue weighted by molar-refractivity contribution is 0.163. The van der Waals surface area contributed by atoms with E-state index in [9.17, 15) is 0 Å². The molecule has 40 heavy (non-hydrogen) atoms. The van der Waals surface area contributed by atoms with Gasteiger partial charge in [0.1, 0.15) is 0 Å². The first-order valence-corrected chi connectivity index (χ1v) is 23.5. The Morgan fingerprint density at radius 2 is 1.45 bits per heavy atom. The van der Waals surface area contributed by atoms with E-state index in [1.165, 1.54) is 57.1 Å². The third-order valence-corrected chi connectivity index (χ3v) is 20.3. The second kappa shape index (κ2) is 16.9. The van der Waals surface area contributed by atoms with Crippen LogP contribution in [0.1, 0.15) is 133 Å². The highest BCUT2D eigenvalue weighted by molar-refractivity contribution is 8.03. The standard InChI is InChI=1S/C35H70O2SSi2/c1-15-17-19-20-21-25-38-33-29(4)27-32(37-40(13,14)35(8,9)10)31(33)24-23-30(26-28(3)22-18-16-2)36-39(11,12)34(5,6)7/h23-24,28,30-32H,15-22,25-27H2,1-14H3/b24-23+/t28-,30-,31+,32-/m1/s1. The van der Waals surface area contributed by atoms with Crippen LogP contribution in [0.5, 0.6) is 0 Å². The predicted molar refractivity (Wildman–Crippen MR) is 189 cm³/mol. The zero-order valence-corrected chi connectivity index (χ0v) is 32.3. The summed E-state index contributed by atoms with van der Waals surface area (Å²) in [4.78, 5) is 1.58. The van der Waals surface area contributed by atoms with Crippen molar-refractivity contribution in [3.05, 3.63) is 22.6 Å². The maximum absolute atomic E-state index is 7.16. The Balaban J connectivity index is 3.26. The second-order valence-corrected chi connectivity index (χ2v) is 26.5. The molecule has 0 N–H and O–H groups in total. The van der Waals surface area contributed by atoms with Gasteiger partial charge in [-0.05, 0) is 79.0 Å². The molecule has 1 aliphatic rings. The summed E-state index contributed by atoms with van der Waals surface area (Å²) in [7, 11) is -3.76. The quantitative estimate of drug-likeness (QED) is 0.0873. The summed E-state index contributed by atoms with van der Waals surface area (Å²) in [6.45, 7) is 33.2. The van der Waals surface area contributed by atoms with Gasteiger partial charge in [-0.2, -0.15) is 0 Å². The minimum atomic E-state index is -1.88. The Hall–Kier alpha value is 0.184. The predicted octanol–water partition coefficient (Wildman–Crippen LogP) is 12.5. The molecule has 0 saturated carbocycles. The first kappa shape index (κ1) is 38.2. The molecule has 0 aromatic heterocycles. The van der Waals surface area contributed by atoms with E-state index in [1.54, 1.807) is 10.5 Å². The highest BCUT2D eigenvalue weighted by Crippen LogP contribution is 2.46. The van der Waals surface area contributed by atoms with Crippen molar-refractivity contribution in [1.82, 2.24) is 0 Å². The second-order valence-electron chi connectivity index (χ2n) is 15.8. The fourth-order valence-corrected chi connectivity index (χ4v) is 8.95. The molecule has 0 amide bonds. The van der Waals surface area contributed by atoms with Crippen LogP contribution in [-0.4, -0.2) is 34.6 Å². The van der Waals surface area contributed by atoms with Gasteiger partial charge >= 0.3 is 0 Å². The van der Waals surface area contributed by atoms with Crippen molar-refractivity contribution in [2.45, 2.75) is 182 Å². The molecule has 0 aliphatic heterocycles. The first-order valence-electron chi connectivity index (χ1n) is 16.7. The highest BCUT2D eigenvalue weighted by atomic mass is 32.2. The summed E-state index contributed by atoms with van der Waals surface area (Å²) in [5, 5.41) is 0.426. The minimum Gasteiger partial charge on any atom is -0.413 e. The molecule has 0 radical (unpaired) electrons. The Kier molecular flexibility index (Phi) is 16.1. The topological polar surface area (TPSA) is 18.5 Å². The van der Waals surface area contributed by atoms with E-state index in [1.807, 2.05) is 0 Å². The molecule has 0 fully saturated rings. The van der Waals surface area contributed by atoms with Crippen LogP contribution in [0.2, 0.25) is 36.3 Å². The van der Waals surface area contributed by atoms with Gasteiger partial charge in [-0.15, -0.1) is 11.8 Å². The molecule has 0 aromatic carbocycles. The number of rotatable bonds is 18. The van der Waals surface area contributed by atoms with Crippen molar-refractivity contribution in [1.29, 1.82) is 0 Å². The zero-order chi connectivity index (χ0) is 30.8. The van der Waals surface area contributed by atoms with Gasteiger partial charge < -0.3 is 8.85 Å². The summed E-state index contributed by atoms with van der Waals surface area (Å²) >= 11 is 2.12. The third-order valence-electron chi connectivity index (χ3n) is 9.86. The molecular weight excluding hydrogens is 541 g/mol. The molecule has 1 aliphatic carbocycles. The lowest BCUT2D eigenvalue weighted by Gasteiger charge is -2.40. The van der Waals surface area contributed by atoms with Gasteiger partial charge in [-0.25, -0.2) is 0 Å². The van der Waals surface area contributed by atoms with Crippen molar-refractivity contribution < 1.29 is 8.85 Å². The van der Waals surface area contributed by atoms with Crippen LogP contribution < -0.4 is 0 Å². The van der Waals surface area contributed by atoms with Crippen molar-refractivity contribution in [3.8, 4) is 0 Å². The third kappa shape index (κ3) is 12.4. The van der Waals surface area contributed by atoms with E-state index in [2.05, 4.69) is 119 Å². The summed E-state index contributed by atoms with van der Waals surface area (Å²) in [6.07, 6.45) is 18.2. The van der Waals surface area contributed by atoms with Crippen LogP contribution in [-0.2, 0) is 8.85 Å². The van der Waals surface area contributed by atoms with Crippen LogP contribution in [0, 0.1) is 11.8 Å². The first-order chi connectivity index (χ1) is 18.4. The molecule has 2 nitrogen and oxygen atoms in total. The van der Waals surface area contributed by atoms with Crippen molar-refractivity contribution in [2.75, 3.05) is 5.75 Å². The summed E-state index contributed by atoms with van der Waals surface area (Å²) in [5.74, 6) is 2.26. The maximum atomic E-state index is 7.16. The molecule has 0 bridgehead atoms. The van der Waals surface area contributed by atoms with Gasteiger partial charge in [-0.1, -0.05) is 125 Å². The number of hydrogen-bond acceptors (Lipinski definition) is 3. The van der Waals surface area contributed by atoms with E-state index in [-0.39, 0.29) is 22.3 Å². The Bertz CT molecular complexity index is 788. The number of thioether (sulfide) groups is 1. The van der Waals surface area contributed by atoms with Crippen molar-refractivity contribution in [3.63, 3.8) is 0 Å². The smallest absolute Gasteiger partial charge is 0.192 e. The van der Waals surface area contributed by atoms with Gasteiger partial charge in [0.25, 0.3) is 0 Å². The monoisotopic (exact) mass is 610 g/mol. The highest BCUT2D eigenvalue weighted by Gasteiger charge is 2.43. The lowest BCUT2D eigenvalue weighted by Crippen LogP contribution is -2.45. The van der Waals surface area contributed by atoms with Crippen LogP contribution in [0.15, 0.2) is 22.6 Å². The van der Waals surface area contributed by atoms with Crippen molar-refractivity contribution >= 4 is 28.4 Å². The fraction of sp³-hybridized carbons (Fsp3) is 0.886. The minimum absolute atomic E-state index is 0.183.